The molecule has 1 aliphatic rings. The molecular weight excluding hydrogens is 444 g/mol. The molecule has 1 aliphatic heterocycles. The number of aryl methyl sites for hydroxylation is 1. The maximum atomic E-state index is 13.3. The highest BCUT2D eigenvalue weighted by atomic mass is 32.2. The fourth-order valence-electron chi connectivity index (χ4n) is 3.93. The second kappa shape index (κ2) is 10.0. The molecule has 0 spiro atoms. The SMILES string of the molecule is Cc1ccc(CN(Cc2ccco2)C(=O)c2ccc(S(=O)(=O)N3CCCCCC3)cc2)s1. The van der Waals surface area contributed by atoms with Gasteiger partial charge in [-0.2, -0.15) is 4.31 Å². The summed E-state index contributed by atoms with van der Waals surface area (Å²) < 4.78 is 33.1. The summed E-state index contributed by atoms with van der Waals surface area (Å²) in [6.07, 6.45) is 5.50. The van der Waals surface area contributed by atoms with E-state index in [4.69, 9.17) is 4.42 Å². The molecule has 0 N–H and O–H groups in total. The molecule has 0 radical (unpaired) electrons. The lowest BCUT2D eigenvalue weighted by molar-refractivity contribution is 0.0719. The number of carbonyl (C=O) groups excluding carboxylic acids is 1. The molecule has 0 aliphatic carbocycles. The minimum atomic E-state index is -3.54. The van der Waals surface area contributed by atoms with Gasteiger partial charge < -0.3 is 9.32 Å². The van der Waals surface area contributed by atoms with Crippen molar-refractivity contribution < 1.29 is 17.6 Å². The Labute approximate surface area is 193 Å². The molecule has 170 valence electrons. The largest absolute Gasteiger partial charge is 0.467 e. The van der Waals surface area contributed by atoms with Gasteiger partial charge in [0.25, 0.3) is 5.91 Å². The van der Waals surface area contributed by atoms with Crippen molar-refractivity contribution in [2.24, 2.45) is 0 Å². The zero-order valence-corrected chi connectivity index (χ0v) is 19.8. The zero-order valence-electron chi connectivity index (χ0n) is 18.2. The quantitative estimate of drug-likeness (QED) is 0.482. The molecular formula is C24H28N2O4S2. The molecule has 1 amide bonds. The van der Waals surface area contributed by atoms with Crippen LogP contribution >= 0.6 is 11.3 Å². The molecule has 2 aromatic heterocycles. The van der Waals surface area contributed by atoms with Crippen LogP contribution < -0.4 is 0 Å². The minimum Gasteiger partial charge on any atom is -0.467 e. The molecule has 4 rings (SSSR count). The summed E-state index contributed by atoms with van der Waals surface area (Å²) in [5.74, 6) is 0.540. The zero-order chi connectivity index (χ0) is 22.6. The van der Waals surface area contributed by atoms with Gasteiger partial charge in [-0.25, -0.2) is 8.42 Å². The fourth-order valence-corrected chi connectivity index (χ4v) is 6.35. The molecule has 32 heavy (non-hydrogen) atoms. The van der Waals surface area contributed by atoms with Gasteiger partial charge in [-0.05, 0) is 68.3 Å². The second-order valence-corrected chi connectivity index (χ2v) is 11.4. The molecule has 0 bridgehead atoms. The summed E-state index contributed by atoms with van der Waals surface area (Å²) in [4.78, 5) is 17.6. The molecule has 0 unspecified atom stereocenters. The Morgan fingerprint density at radius 3 is 2.31 bits per heavy atom. The van der Waals surface area contributed by atoms with Crippen LogP contribution in [0.5, 0.6) is 0 Å². The van der Waals surface area contributed by atoms with Crippen LogP contribution in [-0.2, 0) is 23.1 Å². The molecule has 6 nitrogen and oxygen atoms in total. The van der Waals surface area contributed by atoms with Gasteiger partial charge in [-0.1, -0.05) is 12.8 Å². The molecule has 3 heterocycles. The van der Waals surface area contributed by atoms with Crippen molar-refractivity contribution in [2.75, 3.05) is 13.1 Å². The first-order chi connectivity index (χ1) is 15.4. The van der Waals surface area contributed by atoms with Gasteiger partial charge in [-0.15, -0.1) is 11.3 Å². The molecule has 0 atom stereocenters. The number of hydrogen-bond donors (Lipinski definition) is 0. The van der Waals surface area contributed by atoms with E-state index in [0.29, 0.717) is 37.5 Å². The molecule has 1 fully saturated rings. The normalized spacial score (nSPS) is 15.4. The van der Waals surface area contributed by atoms with Crippen molar-refractivity contribution in [1.82, 2.24) is 9.21 Å². The number of rotatable bonds is 7. The summed E-state index contributed by atoms with van der Waals surface area (Å²) in [5, 5.41) is 0. The first-order valence-corrected chi connectivity index (χ1v) is 13.2. The Morgan fingerprint density at radius 2 is 1.72 bits per heavy atom. The summed E-state index contributed by atoms with van der Waals surface area (Å²) in [6, 6.07) is 14.0. The van der Waals surface area contributed by atoms with Crippen molar-refractivity contribution in [1.29, 1.82) is 0 Å². The molecule has 0 saturated carbocycles. The maximum Gasteiger partial charge on any atom is 0.254 e. The third kappa shape index (κ3) is 5.31. The van der Waals surface area contributed by atoms with E-state index in [1.165, 1.54) is 4.88 Å². The van der Waals surface area contributed by atoms with E-state index in [2.05, 4.69) is 0 Å². The summed E-state index contributed by atoms with van der Waals surface area (Å²) in [5.41, 5.74) is 0.458. The highest BCUT2D eigenvalue weighted by Gasteiger charge is 2.26. The predicted octanol–water partition coefficient (Wildman–Crippen LogP) is 5.06. The van der Waals surface area contributed by atoms with Crippen LogP contribution in [0.1, 0.15) is 51.6 Å². The minimum absolute atomic E-state index is 0.161. The van der Waals surface area contributed by atoms with Crippen LogP contribution in [0.15, 0.2) is 64.1 Å². The Bertz CT molecular complexity index is 1130. The number of sulfonamides is 1. The van der Waals surface area contributed by atoms with Crippen LogP contribution in [0.3, 0.4) is 0 Å². The topological polar surface area (TPSA) is 70.8 Å². The van der Waals surface area contributed by atoms with Crippen LogP contribution in [-0.4, -0.2) is 36.6 Å². The predicted molar refractivity (Wildman–Crippen MR) is 125 cm³/mol. The van der Waals surface area contributed by atoms with Crippen molar-refractivity contribution in [3.05, 3.63) is 75.9 Å². The van der Waals surface area contributed by atoms with Crippen LogP contribution in [0, 0.1) is 6.92 Å². The molecule has 3 aromatic rings. The number of thiophene rings is 1. The van der Waals surface area contributed by atoms with Crippen LogP contribution in [0.2, 0.25) is 0 Å². The van der Waals surface area contributed by atoms with Crippen LogP contribution in [0.4, 0.5) is 0 Å². The lowest BCUT2D eigenvalue weighted by Gasteiger charge is -2.22. The summed E-state index contributed by atoms with van der Waals surface area (Å²) in [6.45, 7) is 3.96. The van der Waals surface area contributed by atoms with E-state index in [9.17, 15) is 13.2 Å². The fraction of sp³-hybridized carbons (Fsp3) is 0.375. The molecule has 1 aromatic carbocycles. The maximum absolute atomic E-state index is 13.3. The van der Waals surface area contributed by atoms with Gasteiger partial charge >= 0.3 is 0 Å². The monoisotopic (exact) mass is 472 g/mol. The Hall–Kier alpha value is -2.42. The number of benzene rings is 1. The third-order valence-corrected chi connectivity index (χ3v) is 8.56. The van der Waals surface area contributed by atoms with Gasteiger partial charge in [0, 0.05) is 28.4 Å². The van der Waals surface area contributed by atoms with E-state index < -0.39 is 10.0 Å². The van der Waals surface area contributed by atoms with Gasteiger partial charge in [0.15, 0.2) is 0 Å². The number of nitrogens with zero attached hydrogens (tertiary/aromatic N) is 2. The number of hydrogen-bond acceptors (Lipinski definition) is 5. The third-order valence-electron chi connectivity index (χ3n) is 5.66. The Kier molecular flexibility index (Phi) is 7.13. The highest BCUT2D eigenvalue weighted by Crippen LogP contribution is 2.23. The number of amides is 1. The van der Waals surface area contributed by atoms with E-state index in [1.54, 1.807) is 57.1 Å². The van der Waals surface area contributed by atoms with Crippen molar-refractivity contribution in [2.45, 2.75) is 50.6 Å². The Morgan fingerprint density at radius 1 is 1.00 bits per heavy atom. The number of furan rings is 1. The van der Waals surface area contributed by atoms with Gasteiger partial charge in [0.05, 0.1) is 24.2 Å². The number of carbonyl (C=O) groups is 1. The lowest BCUT2D eigenvalue weighted by Crippen LogP contribution is -2.32. The smallest absolute Gasteiger partial charge is 0.254 e. The average Bonchev–Trinajstić information content (AvgIpc) is 3.36. The standard InChI is InChI=1S/C24H28N2O4S2/c1-19-8-11-22(31-19)18-25(17-21-7-6-16-30-21)24(27)20-9-12-23(13-10-20)32(28,29)26-14-4-2-3-5-15-26/h6-13,16H,2-5,14-15,17-18H2,1H3. The first-order valence-electron chi connectivity index (χ1n) is 10.9. The average molecular weight is 473 g/mol. The van der Waals surface area contributed by atoms with E-state index in [0.717, 1.165) is 30.6 Å². The van der Waals surface area contributed by atoms with E-state index >= 15 is 0 Å². The van der Waals surface area contributed by atoms with Crippen molar-refractivity contribution in [3.63, 3.8) is 0 Å². The van der Waals surface area contributed by atoms with Crippen molar-refractivity contribution >= 4 is 27.3 Å². The van der Waals surface area contributed by atoms with Gasteiger partial charge in [0.1, 0.15) is 5.76 Å². The molecule has 1 saturated heterocycles. The van der Waals surface area contributed by atoms with Gasteiger partial charge in [-0.3, -0.25) is 4.79 Å². The van der Waals surface area contributed by atoms with Crippen molar-refractivity contribution in [3.8, 4) is 0 Å². The van der Waals surface area contributed by atoms with E-state index in [-0.39, 0.29) is 10.8 Å². The second-order valence-electron chi connectivity index (χ2n) is 8.10. The van der Waals surface area contributed by atoms with Crippen LogP contribution in [0.25, 0.3) is 0 Å². The summed E-state index contributed by atoms with van der Waals surface area (Å²) >= 11 is 1.66. The van der Waals surface area contributed by atoms with E-state index in [1.807, 2.05) is 25.1 Å². The highest BCUT2D eigenvalue weighted by molar-refractivity contribution is 7.89. The van der Waals surface area contributed by atoms with Gasteiger partial charge in [0.2, 0.25) is 10.0 Å². The first kappa shape index (κ1) is 22.8. The summed E-state index contributed by atoms with van der Waals surface area (Å²) in [7, 11) is -3.54. The lowest BCUT2D eigenvalue weighted by atomic mass is 10.2. The molecule has 8 heteroatoms. The Balaban J connectivity index is 1.54.